The highest BCUT2D eigenvalue weighted by Crippen LogP contribution is 2.28. The zero-order valence-corrected chi connectivity index (χ0v) is 19.9. The third-order valence-corrected chi connectivity index (χ3v) is 7.13. The van der Waals surface area contributed by atoms with Gasteiger partial charge >= 0.3 is 0 Å². The topological polar surface area (TPSA) is 39.1 Å². The first-order valence-electron chi connectivity index (χ1n) is 11.9. The van der Waals surface area contributed by atoms with Gasteiger partial charge in [-0.15, -0.1) is 0 Å². The number of nitriles is 1. The molecular weight excluding hydrogens is 438 g/mol. The third-order valence-electron chi connectivity index (χ3n) is 6.87. The monoisotopic (exact) mass is 465 g/mol. The van der Waals surface area contributed by atoms with E-state index in [1.54, 1.807) is 0 Å². The number of halogens is 1. The summed E-state index contributed by atoms with van der Waals surface area (Å²) in [5.41, 5.74) is 4.55. The second-order valence-electron chi connectivity index (χ2n) is 9.23. The van der Waals surface area contributed by atoms with E-state index in [0.717, 1.165) is 48.4 Å². The lowest BCUT2D eigenvalue weighted by Gasteiger charge is -2.30. The lowest BCUT2D eigenvalue weighted by atomic mass is 9.89. The molecule has 34 heavy (non-hydrogen) atoms. The van der Waals surface area contributed by atoms with Crippen molar-refractivity contribution in [3.8, 4) is 6.07 Å². The summed E-state index contributed by atoms with van der Waals surface area (Å²) in [6, 6.07) is 33.7. The summed E-state index contributed by atoms with van der Waals surface area (Å²) in [6.45, 7) is 3.91. The lowest BCUT2D eigenvalue weighted by Crippen LogP contribution is -2.33. The number of nitrogens with zero attached hydrogens (tertiary/aromatic N) is 2. The maximum atomic E-state index is 9.20. The van der Waals surface area contributed by atoms with Crippen molar-refractivity contribution < 1.29 is 0 Å². The van der Waals surface area contributed by atoms with Gasteiger partial charge in [-0.2, -0.15) is 5.26 Å². The van der Waals surface area contributed by atoms with Crippen LogP contribution >= 0.6 is 11.6 Å². The minimum Gasteiger partial charge on any atom is -0.367 e. The van der Waals surface area contributed by atoms with Crippen molar-refractivity contribution in [1.29, 1.82) is 5.26 Å². The molecule has 0 spiro atoms. The van der Waals surface area contributed by atoms with E-state index in [0.29, 0.717) is 17.4 Å². The molecule has 4 heteroatoms. The Morgan fingerprint density at radius 3 is 2.35 bits per heavy atom. The Bertz CT molecular complexity index is 1290. The Morgan fingerprint density at radius 2 is 1.56 bits per heavy atom. The van der Waals surface area contributed by atoms with Crippen LogP contribution in [0.2, 0.25) is 5.02 Å². The Kier molecular flexibility index (Phi) is 6.81. The number of hydrogen-bond donors (Lipinski definition) is 1. The van der Waals surface area contributed by atoms with Crippen LogP contribution in [-0.2, 0) is 13.0 Å². The number of anilines is 1. The van der Waals surface area contributed by atoms with Gasteiger partial charge < -0.3 is 10.2 Å². The van der Waals surface area contributed by atoms with Gasteiger partial charge in [0.05, 0.1) is 11.6 Å². The Morgan fingerprint density at radius 1 is 0.824 bits per heavy atom. The van der Waals surface area contributed by atoms with Crippen LogP contribution in [0.4, 0.5) is 5.69 Å². The molecule has 0 radical (unpaired) electrons. The summed E-state index contributed by atoms with van der Waals surface area (Å²) in [5.74, 6) is 1.17. The molecule has 4 aromatic rings. The highest BCUT2D eigenvalue weighted by molar-refractivity contribution is 6.30. The van der Waals surface area contributed by atoms with Crippen molar-refractivity contribution in [2.45, 2.75) is 13.0 Å². The molecule has 0 aromatic heterocycles. The number of fused-ring (bicyclic) bond motifs is 1. The molecule has 0 aliphatic carbocycles. The van der Waals surface area contributed by atoms with Gasteiger partial charge in [-0.25, -0.2) is 0 Å². The van der Waals surface area contributed by atoms with Crippen molar-refractivity contribution in [3.63, 3.8) is 0 Å². The highest BCUT2D eigenvalue weighted by atomic mass is 35.5. The minimum absolute atomic E-state index is 0.564. The van der Waals surface area contributed by atoms with Gasteiger partial charge in [0.15, 0.2) is 0 Å². The first-order chi connectivity index (χ1) is 16.7. The van der Waals surface area contributed by atoms with Crippen LogP contribution in [0.15, 0.2) is 91.0 Å². The number of rotatable bonds is 7. The normalized spacial score (nSPS) is 17.5. The molecule has 1 heterocycles. The molecule has 1 fully saturated rings. The fraction of sp³-hybridized carbons (Fsp3) is 0.233. The van der Waals surface area contributed by atoms with Crippen LogP contribution in [0.5, 0.6) is 0 Å². The number of hydrogen-bond acceptors (Lipinski definition) is 3. The fourth-order valence-corrected chi connectivity index (χ4v) is 5.16. The second kappa shape index (κ2) is 10.3. The minimum atomic E-state index is 0.564. The van der Waals surface area contributed by atoms with E-state index in [-0.39, 0.29) is 0 Å². The summed E-state index contributed by atoms with van der Waals surface area (Å²) in [7, 11) is 0. The van der Waals surface area contributed by atoms with Crippen LogP contribution in [0.3, 0.4) is 0 Å². The smallest absolute Gasteiger partial charge is 0.0991 e. The summed E-state index contributed by atoms with van der Waals surface area (Å²) in [4.78, 5) is 2.48. The van der Waals surface area contributed by atoms with Gasteiger partial charge in [0, 0.05) is 23.8 Å². The summed E-state index contributed by atoms with van der Waals surface area (Å²) in [6.07, 6.45) is 1.10. The van der Waals surface area contributed by atoms with E-state index in [4.69, 9.17) is 11.6 Å². The predicted octanol–water partition coefficient (Wildman–Crippen LogP) is 6.45. The van der Waals surface area contributed by atoms with E-state index < -0.39 is 0 Å². The van der Waals surface area contributed by atoms with E-state index in [2.05, 4.69) is 76.9 Å². The molecule has 170 valence electrons. The Labute approximate surface area is 206 Å². The highest BCUT2D eigenvalue weighted by Gasteiger charge is 2.29. The van der Waals surface area contributed by atoms with Crippen molar-refractivity contribution in [1.82, 2.24) is 5.32 Å². The van der Waals surface area contributed by atoms with Gasteiger partial charge in [-0.1, -0.05) is 60.1 Å². The molecule has 0 saturated carbocycles. The van der Waals surface area contributed by atoms with E-state index in [9.17, 15) is 5.26 Å². The molecule has 2 atom stereocenters. The first-order valence-corrected chi connectivity index (χ1v) is 12.2. The second-order valence-corrected chi connectivity index (χ2v) is 9.67. The standard InChI is InChI=1S/C30H28ClN3/c31-29-10-12-30(13-11-29)34(20-24-7-9-25-15-23(17-32)6-8-26(25)16-24)21-28-19-33-18-27(28)14-22-4-2-1-3-5-22/h1-13,15-16,27-28,33H,14,18-21H2/t27-,28+/m0/s1. The molecule has 0 bridgehead atoms. The van der Waals surface area contributed by atoms with Crippen LogP contribution in [-0.4, -0.2) is 19.6 Å². The maximum absolute atomic E-state index is 9.20. The molecule has 1 N–H and O–H groups in total. The molecule has 0 unspecified atom stereocenters. The zero-order valence-electron chi connectivity index (χ0n) is 19.1. The third kappa shape index (κ3) is 5.25. The summed E-state index contributed by atoms with van der Waals surface area (Å²) < 4.78 is 0. The average Bonchev–Trinajstić information content (AvgIpc) is 3.30. The molecule has 5 rings (SSSR count). The van der Waals surface area contributed by atoms with Gasteiger partial charge in [0.2, 0.25) is 0 Å². The zero-order chi connectivity index (χ0) is 23.3. The van der Waals surface area contributed by atoms with Crippen molar-refractivity contribution in [2.24, 2.45) is 11.8 Å². The quantitative estimate of drug-likeness (QED) is 0.341. The Balaban J connectivity index is 1.39. The van der Waals surface area contributed by atoms with Gasteiger partial charge in [0.25, 0.3) is 0 Å². The molecule has 1 aliphatic rings. The van der Waals surface area contributed by atoms with E-state index in [1.165, 1.54) is 16.8 Å². The summed E-state index contributed by atoms with van der Waals surface area (Å²) >= 11 is 6.20. The molecular formula is C30H28ClN3. The van der Waals surface area contributed by atoms with Gasteiger partial charge in [0.1, 0.15) is 0 Å². The largest absolute Gasteiger partial charge is 0.367 e. The Hall–Kier alpha value is -3.32. The predicted molar refractivity (Wildman–Crippen MR) is 141 cm³/mol. The number of nitrogens with one attached hydrogen (secondary N) is 1. The number of benzene rings is 4. The molecule has 4 aromatic carbocycles. The van der Waals surface area contributed by atoms with E-state index in [1.807, 2.05) is 30.3 Å². The van der Waals surface area contributed by atoms with Crippen molar-refractivity contribution in [3.05, 3.63) is 113 Å². The molecule has 1 saturated heterocycles. The lowest BCUT2D eigenvalue weighted by molar-refractivity contribution is 0.413. The van der Waals surface area contributed by atoms with Gasteiger partial charge in [-0.05, 0) is 95.7 Å². The maximum Gasteiger partial charge on any atom is 0.0991 e. The van der Waals surface area contributed by atoms with Gasteiger partial charge in [-0.3, -0.25) is 0 Å². The first kappa shape index (κ1) is 22.5. The molecule has 0 amide bonds. The van der Waals surface area contributed by atoms with Crippen LogP contribution in [0.1, 0.15) is 16.7 Å². The van der Waals surface area contributed by atoms with Crippen LogP contribution < -0.4 is 10.2 Å². The van der Waals surface area contributed by atoms with E-state index >= 15 is 0 Å². The van der Waals surface area contributed by atoms with Crippen molar-refractivity contribution >= 4 is 28.1 Å². The molecule has 1 aliphatic heterocycles. The SMILES string of the molecule is N#Cc1ccc2cc(CN(C[C@H]3CNC[C@@H]3Cc3ccccc3)c3ccc(Cl)cc3)ccc2c1. The fourth-order valence-electron chi connectivity index (χ4n) is 5.04. The van der Waals surface area contributed by atoms with Crippen molar-refractivity contribution in [2.75, 3.05) is 24.5 Å². The van der Waals surface area contributed by atoms with Crippen LogP contribution in [0.25, 0.3) is 10.8 Å². The molecule has 3 nitrogen and oxygen atoms in total. The van der Waals surface area contributed by atoms with Crippen LogP contribution in [0, 0.1) is 23.2 Å². The summed E-state index contributed by atoms with van der Waals surface area (Å²) in [5, 5.41) is 15.8. The average molecular weight is 466 g/mol.